The van der Waals surface area contributed by atoms with E-state index in [2.05, 4.69) is 18.0 Å². The molecule has 2 nitrogen and oxygen atoms in total. The summed E-state index contributed by atoms with van der Waals surface area (Å²) < 4.78 is 0. The highest BCUT2D eigenvalue weighted by Gasteiger charge is 2.00. The molecule has 1 N–H and O–H groups in total. The van der Waals surface area contributed by atoms with Gasteiger partial charge in [0.15, 0.2) is 0 Å². The molecule has 0 aromatic carbocycles. The van der Waals surface area contributed by atoms with Crippen molar-refractivity contribution in [2.75, 3.05) is 0 Å². The number of hydrogen-bond donors (Lipinski definition) is 1. The van der Waals surface area contributed by atoms with Gasteiger partial charge in [-0.05, 0) is 20.8 Å². The summed E-state index contributed by atoms with van der Waals surface area (Å²) >= 11 is 0. The second kappa shape index (κ2) is 4.56. The van der Waals surface area contributed by atoms with E-state index in [0.29, 0.717) is 17.3 Å². The Hall–Kier alpha value is -1.23. The molecule has 60 valence electrons. The van der Waals surface area contributed by atoms with Crippen molar-refractivity contribution in [3.63, 3.8) is 0 Å². The van der Waals surface area contributed by atoms with Gasteiger partial charge in [0.2, 0.25) is 0 Å². The summed E-state index contributed by atoms with van der Waals surface area (Å²) in [5, 5.41) is 11.6. The van der Waals surface area contributed by atoms with Gasteiger partial charge in [-0.25, -0.2) is 0 Å². The van der Waals surface area contributed by atoms with E-state index in [4.69, 9.17) is 5.26 Å². The van der Waals surface area contributed by atoms with Crippen molar-refractivity contribution in [3.05, 3.63) is 23.9 Å². The first-order valence-electron chi connectivity index (χ1n) is 3.64. The van der Waals surface area contributed by atoms with Crippen LogP contribution in [0.1, 0.15) is 20.8 Å². The van der Waals surface area contributed by atoms with Crippen LogP contribution in [0.15, 0.2) is 23.9 Å². The van der Waals surface area contributed by atoms with Crippen LogP contribution in [0.5, 0.6) is 0 Å². The maximum absolute atomic E-state index is 8.59. The molecule has 0 unspecified atom stereocenters. The minimum absolute atomic E-state index is 0.325. The second-order valence-electron chi connectivity index (χ2n) is 2.59. The van der Waals surface area contributed by atoms with Crippen LogP contribution < -0.4 is 5.32 Å². The highest BCUT2D eigenvalue weighted by atomic mass is 14.9. The largest absolute Gasteiger partial charge is 0.382 e. The van der Waals surface area contributed by atoms with Crippen LogP contribution >= 0.6 is 0 Å². The molecular formula is C9H14N2. The van der Waals surface area contributed by atoms with E-state index in [1.165, 1.54) is 0 Å². The fourth-order valence-electron chi connectivity index (χ4n) is 0.732. The molecule has 0 heterocycles. The zero-order valence-corrected chi connectivity index (χ0v) is 7.31. The predicted octanol–water partition coefficient (Wildman–Crippen LogP) is 1.97. The fourth-order valence-corrected chi connectivity index (χ4v) is 0.732. The Morgan fingerprint density at radius 1 is 1.64 bits per heavy atom. The van der Waals surface area contributed by atoms with E-state index >= 15 is 0 Å². The number of rotatable bonds is 3. The number of hydrogen-bond acceptors (Lipinski definition) is 2. The van der Waals surface area contributed by atoms with E-state index in [1.807, 2.05) is 20.8 Å². The fraction of sp³-hybridized carbons (Fsp3) is 0.444. The molecule has 2 heteroatoms. The highest BCUT2D eigenvalue weighted by molar-refractivity contribution is 5.38. The molecule has 0 spiro atoms. The van der Waals surface area contributed by atoms with Crippen molar-refractivity contribution in [2.45, 2.75) is 26.8 Å². The van der Waals surface area contributed by atoms with Crippen molar-refractivity contribution in [1.29, 1.82) is 5.26 Å². The van der Waals surface area contributed by atoms with E-state index in [9.17, 15) is 0 Å². The monoisotopic (exact) mass is 150 g/mol. The first-order chi connectivity index (χ1) is 5.11. The standard InChI is InChI=1S/C9H14N2/c1-5-9(6-10)8(4)11-7(2)3/h5,7,11H,4H2,1-3H3/b9-5+. The maximum Gasteiger partial charge on any atom is 0.101 e. The van der Waals surface area contributed by atoms with Gasteiger partial charge in [-0.1, -0.05) is 12.7 Å². The molecule has 0 rings (SSSR count). The van der Waals surface area contributed by atoms with Gasteiger partial charge < -0.3 is 5.32 Å². The average Bonchev–Trinajstić information content (AvgIpc) is 1.88. The molecule has 0 saturated heterocycles. The van der Waals surface area contributed by atoms with Gasteiger partial charge in [0.25, 0.3) is 0 Å². The lowest BCUT2D eigenvalue weighted by molar-refractivity contribution is 0.679. The maximum atomic E-state index is 8.59. The summed E-state index contributed by atoms with van der Waals surface area (Å²) in [6, 6.07) is 2.38. The molecule has 0 amide bonds. The summed E-state index contributed by atoms with van der Waals surface area (Å²) in [5.74, 6) is 0. The molecule has 0 saturated carbocycles. The number of nitrogens with zero attached hydrogens (tertiary/aromatic N) is 1. The van der Waals surface area contributed by atoms with Crippen molar-refractivity contribution < 1.29 is 0 Å². The normalized spacial score (nSPS) is 11.0. The van der Waals surface area contributed by atoms with Crippen molar-refractivity contribution in [3.8, 4) is 6.07 Å². The van der Waals surface area contributed by atoms with Crippen LogP contribution in [-0.4, -0.2) is 6.04 Å². The van der Waals surface area contributed by atoms with Crippen molar-refractivity contribution in [2.24, 2.45) is 0 Å². The van der Waals surface area contributed by atoms with E-state index < -0.39 is 0 Å². The van der Waals surface area contributed by atoms with Gasteiger partial charge in [0, 0.05) is 11.7 Å². The topological polar surface area (TPSA) is 35.8 Å². The third-order valence-electron chi connectivity index (χ3n) is 1.20. The molecule has 0 aromatic heterocycles. The molecule has 0 aliphatic heterocycles. The van der Waals surface area contributed by atoms with E-state index in [1.54, 1.807) is 6.08 Å². The highest BCUT2D eigenvalue weighted by Crippen LogP contribution is 2.02. The van der Waals surface area contributed by atoms with Crippen LogP contribution in [-0.2, 0) is 0 Å². The van der Waals surface area contributed by atoms with Crippen molar-refractivity contribution in [1.82, 2.24) is 5.32 Å². The van der Waals surface area contributed by atoms with Crippen LogP contribution in [0.4, 0.5) is 0 Å². The Balaban J connectivity index is 4.16. The molecule has 0 radical (unpaired) electrons. The first kappa shape index (κ1) is 9.77. The number of allylic oxidation sites excluding steroid dienone is 2. The molecule has 0 aliphatic rings. The van der Waals surface area contributed by atoms with Crippen LogP contribution in [0, 0.1) is 11.3 Å². The molecule has 0 aliphatic carbocycles. The Morgan fingerprint density at radius 3 is 2.45 bits per heavy atom. The summed E-state index contributed by atoms with van der Waals surface area (Å²) in [6.45, 7) is 9.58. The van der Waals surface area contributed by atoms with Gasteiger partial charge in [0.05, 0.1) is 5.57 Å². The minimum atomic E-state index is 0.325. The lowest BCUT2D eigenvalue weighted by atomic mass is 10.2. The Morgan fingerprint density at radius 2 is 2.18 bits per heavy atom. The van der Waals surface area contributed by atoms with Gasteiger partial charge in [-0.3, -0.25) is 0 Å². The van der Waals surface area contributed by atoms with Gasteiger partial charge in [-0.2, -0.15) is 5.26 Å². The third kappa shape index (κ3) is 3.47. The predicted molar refractivity (Wildman–Crippen MR) is 46.8 cm³/mol. The SMILES string of the molecule is C=C(NC(C)C)/C(C#N)=C/C. The number of nitrogens with one attached hydrogen (secondary N) is 1. The number of nitriles is 1. The zero-order chi connectivity index (χ0) is 8.85. The Kier molecular flexibility index (Phi) is 4.05. The molecule has 0 atom stereocenters. The molecule has 0 aromatic rings. The van der Waals surface area contributed by atoms with Crippen LogP contribution in [0.3, 0.4) is 0 Å². The van der Waals surface area contributed by atoms with Gasteiger partial charge in [0.1, 0.15) is 6.07 Å². The summed E-state index contributed by atoms with van der Waals surface area (Å²) in [6.07, 6.45) is 1.75. The zero-order valence-electron chi connectivity index (χ0n) is 7.31. The third-order valence-corrected chi connectivity index (χ3v) is 1.20. The second-order valence-corrected chi connectivity index (χ2v) is 2.59. The van der Waals surface area contributed by atoms with Crippen LogP contribution in [0.25, 0.3) is 0 Å². The smallest absolute Gasteiger partial charge is 0.101 e. The van der Waals surface area contributed by atoms with Gasteiger partial charge >= 0.3 is 0 Å². The van der Waals surface area contributed by atoms with Gasteiger partial charge in [-0.15, -0.1) is 0 Å². The van der Waals surface area contributed by atoms with Crippen molar-refractivity contribution >= 4 is 0 Å². The molecular weight excluding hydrogens is 136 g/mol. The van der Waals surface area contributed by atoms with Crippen LogP contribution in [0.2, 0.25) is 0 Å². The molecule has 0 bridgehead atoms. The van der Waals surface area contributed by atoms with E-state index in [-0.39, 0.29) is 0 Å². The Bertz CT molecular complexity index is 206. The van der Waals surface area contributed by atoms with E-state index in [0.717, 1.165) is 0 Å². The summed E-state index contributed by atoms with van der Waals surface area (Å²) in [7, 11) is 0. The summed E-state index contributed by atoms with van der Waals surface area (Å²) in [4.78, 5) is 0. The minimum Gasteiger partial charge on any atom is -0.382 e. The lowest BCUT2D eigenvalue weighted by Gasteiger charge is -2.10. The summed E-state index contributed by atoms with van der Waals surface area (Å²) in [5.41, 5.74) is 1.31. The quantitative estimate of drug-likeness (QED) is 0.493. The lowest BCUT2D eigenvalue weighted by Crippen LogP contribution is -2.21. The first-order valence-corrected chi connectivity index (χ1v) is 3.64. The Labute approximate surface area is 68.2 Å². The molecule has 0 fully saturated rings. The molecule has 11 heavy (non-hydrogen) atoms. The average molecular weight is 150 g/mol.